The fourth-order valence-corrected chi connectivity index (χ4v) is 3.70. The first-order valence-corrected chi connectivity index (χ1v) is 7.74. The zero-order chi connectivity index (χ0) is 14.1. The van der Waals surface area contributed by atoms with Gasteiger partial charge in [-0.25, -0.2) is 0 Å². The molecule has 0 atom stereocenters. The number of thioether (sulfide) groups is 1. The first-order valence-electron chi connectivity index (χ1n) is 6.59. The number of nitrogens with one attached hydrogen (secondary N) is 2. The monoisotopic (exact) mass is 293 g/mol. The van der Waals surface area contributed by atoms with Crippen LogP contribution in [0.1, 0.15) is 18.4 Å². The maximum atomic E-state index is 11.4. The number of rotatable bonds is 3. The van der Waals surface area contributed by atoms with Gasteiger partial charge >= 0.3 is 0 Å². The standard InChI is InChI=1S/C13H15N3O3S/c17-13-6-8-5-12(16(18)19)11(7-10(8)15-13)14-9-1-3-20-4-2-9/h5,7,9,14H,1-4,6H2,(H,15,17). The van der Waals surface area contributed by atoms with Gasteiger partial charge in [0.1, 0.15) is 5.69 Å². The fraction of sp³-hybridized carbons (Fsp3) is 0.462. The summed E-state index contributed by atoms with van der Waals surface area (Å²) in [4.78, 5) is 22.2. The lowest BCUT2D eigenvalue weighted by molar-refractivity contribution is -0.384. The SMILES string of the molecule is O=C1Cc2cc([N+](=O)[O-])c(NC3CCSCC3)cc2N1. The van der Waals surface area contributed by atoms with Gasteiger partial charge in [-0.1, -0.05) is 0 Å². The van der Waals surface area contributed by atoms with Gasteiger partial charge in [0.15, 0.2) is 0 Å². The van der Waals surface area contributed by atoms with Gasteiger partial charge in [0.25, 0.3) is 5.69 Å². The second-order valence-electron chi connectivity index (χ2n) is 5.04. The van der Waals surface area contributed by atoms with Gasteiger partial charge in [-0.2, -0.15) is 11.8 Å². The summed E-state index contributed by atoms with van der Waals surface area (Å²) in [5.41, 5.74) is 1.95. The second-order valence-corrected chi connectivity index (χ2v) is 6.26. The van der Waals surface area contributed by atoms with E-state index in [-0.39, 0.29) is 29.0 Å². The highest BCUT2D eigenvalue weighted by Crippen LogP contribution is 2.35. The normalized spacial score (nSPS) is 18.5. The Labute approximate surface area is 120 Å². The average molecular weight is 293 g/mol. The van der Waals surface area contributed by atoms with Crippen LogP contribution in [0.3, 0.4) is 0 Å². The Hall–Kier alpha value is -1.76. The molecule has 0 aliphatic carbocycles. The average Bonchev–Trinajstić information content (AvgIpc) is 2.78. The highest BCUT2D eigenvalue weighted by molar-refractivity contribution is 7.99. The van der Waals surface area contributed by atoms with Crippen LogP contribution < -0.4 is 10.6 Å². The summed E-state index contributed by atoms with van der Waals surface area (Å²) in [5.74, 6) is 2.04. The molecule has 2 aliphatic heterocycles. The first-order chi connectivity index (χ1) is 9.63. The van der Waals surface area contributed by atoms with Gasteiger partial charge in [-0.15, -0.1) is 0 Å². The van der Waals surface area contributed by atoms with Crippen molar-refractivity contribution in [1.29, 1.82) is 0 Å². The van der Waals surface area contributed by atoms with E-state index in [1.165, 1.54) is 6.07 Å². The second kappa shape index (κ2) is 5.32. The highest BCUT2D eigenvalue weighted by Gasteiger charge is 2.26. The van der Waals surface area contributed by atoms with E-state index in [0.717, 1.165) is 24.3 Å². The van der Waals surface area contributed by atoms with Crippen LogP contribution in [0.15, 0.2) is 12.1 Å². The largest absolute Gasteiger partial charge is 0.377 e. The molecule has 2 heterocycles. The number of nitrogens with zero attached hydrogens (tertiary/aromatic N) is 1. The topological polar surface area (TPSA) is 84.3 Å². The summed E-state index contributed by atoms with van der Waals surface area (Å²) in [5, 5.41) is 17.2. The maximum Gasteiger partial charge on any atom is 0.292 e. The molecule has 1 aromatic rings. The van der Waals surface area contributed by atoms with Gasteiger partial charge in [-0.3, -0.25) is 14.9 Å². The molecule has 0 unspecified atom stereocenters. The molecule has 20 heavy (non-hydrogen) atoms. The van der Waals surface area contributed by atoms with Gasteiger partial charge < -0.3 is 10.6 Å². The minimum absolute atomic E-state index is 0.0541. The van der Waals surface area contributed by atoms with E-state index >= 15 is 0 Å². The molecule has 1 aromatic carbocycles. The Balaban J connectivity index is 1.90. The van der Waals surface area contributed by atoms with Crippen LogP contribution in [-0.2, 0) is 11.2 Å². The summed E-state index contributed by atoms with van der Waals surface area (Å²) in [6, 6.07) is 3.47. The van der Waals surface area contributed by atoms with E-state index in [4.69, 9.17) is 0 Å². The van der Waals surface area contributed by atoms with Crippen molar-refractivity contribution in [2.75, 3.05) is 22.1 Å². The van der Waals surface area contributed by atoms with E-state index in [1.807, 2.05) is 11.8 Å². The van der Waals surface area contributed by atoms with Gasteiger partial charge in [0.05, 0.1) is 11.3 Å². The van der Waals surface area contributed by atoms with Crippen molar-refractivity contribution in [3.05, 3.63) is 27.8 Å². The van der Waals surface area contributed by atoms with E-state index < -0.39 is 0 Å². The molecule has 0 radical (unpaired) electrons. The van der Waals surface area contributed by atoms with Crippen LogP contribution in [0.25, 0.3) is 0 Å². The molecule has 0 saturated carbocycles. The molecule has 1 amide bonds. The number of hydrogen-bond donors (Lipinski definition) is 2. The Kier molecular flexibility index (Phi) is 3.52. The molecule has 1 saturated heterocycles. The molecule has 6 nitrogen and oxygen atoms in total. The lowest BCUT2D eigenvalue weighted by Gasteiger charge is -2.23. The van der Waals surface area contributed by atoms with Crippen molar-refractivity contribution in [2.45, 2.75) is 25.3 Å². The van der Waals surface area contributed by atoms with Crippen molar-refractivity contribution >= 4 is 34.7 Å². The van der Waals surface area contributed by atoms with Crippen LogP contribution >= 0.6 is 11.8 Å². The minimum atomic E-state index is -0.386. The van der Waals surface area contributed by atoms with Crippen LogP contribution in [0.4, 0.5) is 17.1 Å². The molecule has 2 aliphatic rings. The summed E-state index contributed by atoms with van der Waals surface area (Å²) in [6.45, 7) is 0. The molecule has 7 heteroatoms. The summed E-state index contributed by atoms with van der Waals surface area (Å²) in [7, 11) is 0. The predicted molar refractivity (Wildman–Crippen MR) is 79.4 cm³/mol. The van der Waals surface area contributed by atoms with Crippen LogP contribution in [0, 0.1) is 10.1 Å². The van der Waals surface area contributed by atoms with E-state index in [2.05, 4.69) is 10.6 Å². The number of anilines is 2. The zero-order valence-corrected chi connectivity index (χ0v) is 11.7. The number of benzene rings is 1. The Morgan fingerprint density at radius 2 is 2.10 bits per heavy atom. The summed E-state index contributed by atoms with van der Waals surface area (Å²) >= 11 is 1.91. The van der Waals surface area contributed by atoms with Crippen LogP contribution in [0.5, 0.6) is 0 Å². The number of nitro benzene ring substituents is 1. The van der Waals surface area contributed by atoms with Gasteiger partial charge in [0, 0.05) is 17.8 Å². The van der Waals surface area contributed by atoms with Crippen LogP contribution in [0.2, 0.25) is 0 Å². The zero-order valence-electron chi connectivity index (χ0n) is 10.8. The number of fused-ring (bicyclic) bond motifs is 1. The molecule has 0 bridgehead atoms. The van der Waals surface area contributed by atoms with Gasteiger partial charge in [-0.05, 0) is 36.0 Å². The number of nitro groups is 1. The molecular weight excluding hydrogens is 278 g/mol. The summed E-state index contributed by atoms with van der Waals surface area (Å²) in [6.07, 6.45) is 2.23. The number of hydrogen-bond acceptors (Lipinski definition) is 5. The number of carbonyl (C=O) groups is 1. The fourth-order valence-electron chi connectivity index (χ4n) is 2.59. The van der Waals surface area contributed by atoms with E-state index in [9.17, 15) is 14.9 Å². The van der Waals surface area contributed by atoms with Crippen molar-refractivity contribution < 1.29 is 9.72 Å². The van der Waals surface area contributed by atoms with Crippen molar-refractivity contribution in [3.8, 4) is 0 Å². The van der Waals surface area contributed by atoms with E-state index in [0.29, 0.717) is 16.9 Å². The lowest BCUT2D eigenvalue weighted by Crippen LogP contribution is -2.24. The van der Waals surface area contributed by atoms with Crippen molar-refractivity contribution in [3.63, 3.8) is 0 Å². The molecule has 1 fully saturated rings. The molecule has 2 N–H and O–H groups in total. The molecule has 0 aromatic heterocycles. The Bertz CT molecular complexity index is 570. The number of amides is 1. The third-order valence-electron chi connectivity index (χ3n) is 3.62. The third-order valence-corrected chi connectivity index (χ3v) is 4.67. The van der Waals surface area contributed by atoms with Crippen molar-refractivity contribution in [1.82, 2.24) is 0 Å². The summed E-state index contributed by atoms with van der Waals surface area (Å²) < 4.78 is 0. The first kappa shape index (κ1) is 13.2. The lowest BCUT2D eigenvalue weighted by atomic mass is 10.1. The smallest absolute Gasteiger partial charge is 0.292 e. The predicted octanol–water partition coefficient (Wildman–Crippen LogP) is 2.40. The minimum Gasteiger partial charge on any atom is -0.377 e. The van der Waals surface area contributed by atoms with Crippen LogP contribution in [-0.4, -0.2) is 28.4 Å². The van der Waals surface area contributed by atoms with E-state index in [1.54, 1.807) is 6.07 Å². The Morgan fingerprint density at radius 1 is 1.35 bits per heavy atom. The molecule has 0 spiro atoms. The highest BCUT2D eigenvalue weighted by atomic mass is 32.2. The van der Waals surface area contributed by atoms with Crippen molar-refractivity contribution in [2.24, 2.45) is 0 Å². The Morgan fingerprint density at radius 3 is 2.80 bits per heavy atom. The third kappa shape index (κ3) is 2.58. The number of carbonyl (C=O) groups excluding carboxylic acids is 1. The maximum absolute atomic E-state index is 11.4. The van der Waals surface area contributed by atoms with Gasteiger partial charge in [0.2, 0.25) is 5.91 Å². The molecule has 106 valence electrons. The molecular formula is C13H15N3O3S. The quantitative estimate of drug-likeness (QED) is 0.660. The molecule has 3 rings (SSSR count).